The highest BCUT2D eigenvalue weighted by Gasteiger charge is 2.43. The Labute approximate surface area is 315 Å². The van der Waals surface area contributed by atoms with Crippen molar-refractivity contribution in [2.45, 2.75) is 78.7 Å². The molecule has 2 saturated heterocycles. The summed E-state index contributed by atoms with van der Waals surface area (Å²) in [6.07, 6.45) is -4.80. The quantitative estimate of drug-likeness (QED) is 0.208. The number of pyridine rings is 1. The average Bonchev–Trinajstić information content (AvgIpc) is 3.63. The first-order chi connectivity index (χ1) is 25.6. The Morgan fingerprint density at radius 2 is 1.59 bits per heavy atom. The molecule has 4 heterocycles. The van der Waals surface area contributed by atoms with Crippen LogP contribution >= 0.6 is 11.3 Å². The minimum Gasteiger partial charge on any atom is -0.507 e. The number of amides is 3. The molecule has 2 unspecified atom stereocenters. The van der Waals surface area contributed by atoms with Gasteiger partial charge in [-0.2, -0.15) is 26.3 Å². The molecule has 2 aliphatic rings. The molecule has 3 aromatic rings. The van der Waals surface area contributed by atoms with Gasteiger partial charge < -0.3 is 30.2 Å². The molecule has 5 rings (SSSR count). The fourth-order valence-corrected chi connectivity index (χ4v) is 6.78. The Morgan fingerprint density at radius 1 is 0.944 bits per heavy atom. The lowest BCUT2D eigenvalue weighted by atomic mass is 9.84. The van der Waals surface area contributed by atoms with Gasteiger partial charge in [0.25, 0.3) is 5.91 Å². The number of carbonyl (C=O) groups is 3. The van der Waals surface area contributed by atoms with E-state index in [1.165, 1.54) is 4.90 Å². The van der Waals surface area contributed by atoms with Gasteiger partial charge in [-0.05, 0) is 37.5 Å². The summed E-state index contributed by atoms with van der Waals surface area (Å²) in [5, 5.41) is 21.3. The number of piperazine rings is 1. The molecule has 2 aromatic heterocycles. The van der Waals surface area contributed by atoms with E-state index >= 15 is 0 Å². The van der Waals surface area contributed by atoms with Crippen molar-refractivity contribution < 1.29 is 50.9 Å². The molecule has 2 atom stereocenters. The maximum atomic E-state index is 13.8. The van der Waals surface area contributed by atoms with E-state index in [4.69, 9.17) is 10.2 Å². The monoisotopic (exact) mass is 789 g/mol. The molecule has 0 bridgehead atoms. The largest absolute Gasteiger partial charge is 0.507 e. The number of rotatable bonds is 7. The Morgan fingerprint density at radius 3 is 2.13 bits per heavy atom. The highest BCUT2D eigenvalue weighted by molar-refractivity contribution is 7.10. The summed E-state index contributed by atoms with van der Waals surface area (Å²) in [7, 11) is 0. The SMILES string of the molecule is CC.CC.CCCC1C(C(=O)N2CCN(c3ccccc3NC(=O)CO)CC2)CCCN1C(=O)c1cnccc1C(F)(F)F.Oc1csc(C(F)(F)F)c1. The Balaban J connectivity index is 0.000000612. The van der Waals surface area contributed by atoms with Crippen LogP contribution in [0.1, 0.15) is 81.1 Å². The van der Waals surface area contributed by atoms with Gasteiger partial charge in [-0.3, -0.25) is 19.4 Å². The number of aliphatic hydroxyl groups is 1. The molecule has 0 radical (unpaired) electrons. The van der Waals surface area contributed by atoms with Crippen molar-refractivity contribution in [2.24, 2.45) is 5.92 Å². The third kappa shape index (κ3) is 12.3. The molecule has 1 aromatic carbocycles. The van der Waals surface area contributed by atoms with Crippen molar-refractivity contribution in [2.75, 3.05) is 49.5 Å². The van der Waals surface area contributed by atoms with Crippen molar-refractivity contribution in [1.82, 2.24) is 14.8 Å². The third-order valence-corrected chi connectivity index (χ3v) is 9.38. The first-order valence-electron chi connectivity index (χ1n) is 17.9. The number of halogens is 6. The van der Waals surface area contributed by atoms with Crippen LogP contribution in [-0.2, 0) is 21.9 Å². The van der Waals surface area contributed by atoms with E-state index in [2.05, 4.69) is 15.2 Å². The molecule has 3 N–H and O–H groups in total. The Kier molecular flexibility index (Phi) is 18.2. The second-order valence-electron chi connectivity index (χ2n) is 11.7. The molecule has 10 nitrogen and oxygen atoms in total. The number of likely N-dealkylation sites (tertiary alicyclic amines) is 1. The van der Waals surface area contributed by atoms with Crippen LogP contribution in [0.4, 0.5) is 37.7 Å². The van der Waals surface area contributed by atoms with Gasteiger partial charge in [0.1, 0.15) is 17.2 Å². The molecule has 300 valence electrons. The second-order valence-corrected chi connectivity index (χ2v) is 12.6. The van der Waals surface area contributed by atoms with Gasteiger partial charge in [0.2, 0.25) is 11.8 Å². The van der Waals surface area contributed by atoms with Gasteiger partial charge in [0.15, 0.2) is 0 Å². The van der Waals surface area contributed by atoms with Crippen LogP contribution in [-0.4, -0.2) is 88.1 Å². The van der Waals surface area contributed by atoms with Crippen LogP contribution in [0.5, 0.6) is 5.75 Å². The summed E-state index contributed by atoms with van der Waals surface area (Å²) < 4.78 is 76.0. The lowest BCUT2D eigenvalue weighted by Gasteiger charge is -2.44. The van der Waals surface area contributed by atoms with E-state index in [0.717, 1.165) is 29.5 Å². The zero-order chi connectivity index (χ0) is 40.6. The Bertz CT molecular complexity index is 1630. The number of nitrogens with zero attached hydrogens (tertiary/aromatic N) is 4. The van der Waals surface area contributed by atoms with E-state index in [9.17, 15) is 40.7 Å². The van der Waals surface area contributed by atoms with Crippen LogP contribution in [0, 0.1) is 5.92 Å². The lowest BCUT2D eigenvalue weighted by Crippen LogP contribution is -2.56. The van der Waals surface area contributed by atoms with Gasteiger partial charge in [-0.15, -0.1) is 11.3 Å². The fourth-order valence-electron chi connectivity index (χ4n) is 6.14. The van der Waals surface area contributed by atoms with E-state index in [1.807, 2.05) is 46.8 Å². The van der Waals surface area contributed by atoms with Gasteiger partial charge in [0, 0.05) is 62.6 Å². The van der Waals surface area contributed by atoms with Crippen LogP contribution in [0.15, 0.2) is 54.2 Å². The smallest absolute Gasteiger partial charge is 0.425 e. The summed E-state index contributed by atoms with van der Waals surface area (Å²) >= 11 is 0.481. The van der Waals surface area contributed by atoms with Crippen molar-refractivity contribution in [3.8, 4) is 5.75 Å². The number of nitrogens with one attached hydrogen (secondary N) is 1. The normalized spacial score (nSPS) is 17.1. The first kappa shape index (κ1) is 45.8. The van der Waals surface area contributed by atoms with Crippen molar-refractivity contribution in [3.63, 3.8) is 0 Å². The van der Waals surface area contributed by atoms with Crippen LogP contribution in [0.25, 0.3) is 0 Å². The zero-order valence-electron chi connectivity index (χ0n) is 31.0. The lowest BCUT2D eigenvalue weighted by molar-refractivity contribution is -0.140. The summed E-state index contributed by atoms with van der Waals surface area (Å²) in [5.74, 6) is -2.21. The van der Waals surface area contributed by atoms with Crippen LogP contribution in [0.2, 0.25) is 0 Å². The van der Waals surface area contributed by atoms with E-state index in [1.54, 1.807) is 17.0 Å². The number of para-hydroxylation sites is 2. The van der Waals surface area contributed by atoms with Gasteiger partial charge >= 0.3 is 12.4 Å². The van der Waals surface area contributed by atoms with Crippen molar-refractivity contribution in [3.05, 3.63) is 70.2 Å². The molecule has 0 spiro atoms. The summed E-state index contributed by atoms with van der Waals surface area (Å²) in [4.78, 5) is 47.2. The number of alkyl halides is 6. The van der Waals surface area contributed by atoms with Crippen LogP contribution < -0.4 is 10.2 Å². The third-order valence-electron chi connectivity index (χ3n) is 8.42. The van der Waals surface area contributed by atoms with Gasteiger partial charge in [0.05, 0.1) is 28.4 Å². The highest BCUT2D eigenvalue weighted by atomic mass is 32.1. The first-order valence-corrected chi connectivity index (χ1v) is 18.7. The number of hydrogen-bond donors (Lipinski definition) is 3. The van der Waals surface area contributed by atoms with Crippen molar-refractivity contribution >= 4 is 40.4 Å². The number of carbonyl (C=O) groups excluding carboxylic acids is 3. The molecular formula is C37H49F6N5O5S. The second kappa shape index (κ2) is 21.5. The maximum absolute atomic E-state index is 13.8. The van der Waals surface area contributed by atoms with E-state index in [-0.39, 0.29) is 18.2 Å². The fraction of sp³-hybridized carbons (Fsp3) is 0.514. The number of aliphatic hydroxyl groups excluding tert-OH is 1. The summed E-state index contributed by atoms with van der Waals surface area (Å²) in [6, 6.07) is 8.23. The van der Waals surface area contributed by atoms with Crippen molar-refractivity contribution in [1.29, 1.82) is 0 Å². The number of piperidine rings is 1. The number of benzene rings is 1. The summed E-state index contributed by atoms with van der Waals surface area (Å²) in [5.41, 5.74) is -0.168. The molecule has 54 heavy (non-hydrogen) atoms. The average molecular weight is 790 g/mol. The van der Waals surface area contributed by atoms with E-state index in [0.29, 0.717) is 75.0 Å². The number of thiophene rings is 1. The number of anilines is 2. The summed E-state index contributed by atoms with van der Waals surface area (Å²) in [6.45, 7) is 11.4. The molecule has 0 saturated carbocycles. The number of aromatic nitrogens is 1. The number of hydrogen-bond acceptors (Lipinski definition) is 8. The van der Waals surface area contributed by atoms with Gasteiger partial charge in [-0.25, -0.2) is 0 Å². The predicted octanol–water partition coefficient (Wildman–Crippen LogP) is 7.93. The molecule has 3 amide bonds. The number of aromatic hydroxyl groups is 1. The zero-order valence-corrected chi connectivity index (χ0v) is 31.8. The molecule has 0 aliphatic carbocycles. The Hall–Kier alpha value is -4.38. The highest BCUT2D eigenvalue weighted by Crippen LogP contribution is 2.37. The minimum atomic E-state index is -4.70. The molecule has 2 aliphatic heterocycles. The van der Waals surface area contributed by atoms with Gasteiger partial charge in [-0.1, -0.05) is 53.2 Å². The molecule has 17 heteroatoms. The molecular weight excluding hydrogens is 740 g/mol. The van der Waals surface area contributed by atoms with E-state index < -0.39 is 58.7 Å². The topological polar surface area (TPSA) is 126 Å². The minimum absolute atomic E-state index is 0.0975. The maximum Gasteiger partial charge on any atom is 0.425 e. The predicted molar refractivity (Wildman–Crippen MR) is 196 cm³/mol. The standard InChI is InChI=1S/C28H34F3N5O4.C5H3F3OS.2C2H6/c1-2-6-23-19(7-5-12-36(23)27(40)20-17-32-11-10-21(20)28(29,30)31)26(39)35-15-13-34(14-16-35)24-9-4-3-8-22(24)33-25(38)18-37;6-5(7,8)4-1-3(9)2-10-4;2*1-2/h3-4,8-11,17,19,23,37H,2,5-7,12-16,18H2,1H3,(H,33,38);1-2,9H;2*1-2H3. The van der Waals surface area contributed by atoms with Crippen LogP contribution in [0.3, 0.4) is 0 Å². The molecule has 2 fully saturated rings.